The highest BCUT2D eigenvalue weighted by atomic mass is 32.1. The highest BCUT2D eigenvalue weighted by Gasteiger charge is 2.14. The summed E-state index contributed by atoms with van der Waals surface area (Å²) in [6.07, 6.45) is 0.233. The number of aromatic nitrogens is 1. The van der Waals surface area contributed by atoms with Gasteiger partial charge in [0.05, 0.1) is 5.69 Å². The fourth-order valence-electron chi connectivity index (χ4n) is 1.48. The Morgan fingerprint density at radius 1 is 1.42 bits per heavy atom. The number of thiazole rings is 1. The average molecular weight is 278 g/mol. The number of nitrogens with two attached hydrogens (primary N) is 1. The van der Waals surface area contributed by atoms with Gasteiger partial charge in [-0.05, 0) is 12.1 Å². The Bertz CT molecular complexity index is 542. The van der Waals surface area contributed by atoms with Crippen LogP contribution in [0.3, 0.4) is 0 Å². The summed E-state index contributed by atoms with van der Waals surface area (Å²) in [6.45, 7) is 0.372. The molecule has 1 atom stereocenters. The molecule has 0 aliphatic carbocycles. The number of hydrogen-bond donors (Lipinski definition) is 2. The zero-order valence-corrected chi connectivity index (χ0v) is 11.0. The largest absolute Gasteiger partial charge is 0.486 e. The third-order valence-electron chi connectivity index (χ3n) is 2.45. The second kappa shape index (κ2) is 6.31. The number of nitrogens with zero attached hydrogens (tertiary/aromatic N) is 1. The molecule has 0 saturated heterocycles. The van der Waals surface area contributed by atoms with E-state index in [0.717, 1.165) is 10.8 Å². The summed E-state index contributed by atoms with van der Waals surface area (Å²) in [7, 11) is 0. The summed E-state index contributed by atoms with van der Waals surface area (Å²) in [5.74, 6) is -0.239. The van der Waals surface area contributed by atoms with E-state index in [-0.39, 0.29) is 6.42 Å². The van der Waals surface area contributed by atoms with Crippen molar-refractivity contribution in [3.8, 4) is 5.75 Å². The lowest BCUT2D eigenvalue weighted by Crippen LogP contribution is -2.32. The molecule has 0 radical (unpaired) electrons. The molecule has 19 heavy (non-hydrogen) atoms. The molecule has 0 aliphatic rings. The smallest absolute Gasteiger partial charge is 0.320 e. The Labute approximate surface area is 114 Å². The van der Waals surface area contributed by atoms with Crippen LogP contribution >= 0.6 is 11.3 Å². The molecular weight excluding hydrogens is 264 g/mol. The van der Waals surface area contributed by atoms with Crippen molar-refractivity contribution in [2.24, 2.45) is 5.73 Å². The van der Waals surface area contributed by atoms with E-state index in [4.69, 9.17) is 15.6 Å². The molecule has 0 spiro atoms. The van der Waals surface area contributed by atoms with Gasteiger partial charge in [-0.15, -0.1) is 11.3 Å². The highest BCUT2D eigenvalue weighted by molar-refractivity contribution is 7.09. The van der Waals surface area contributed by atoms with E-state index in [2.05, 4.69) is 4.98 Å². The Morgan fingerprint density at radius 3 is 2.84 bits per heavy atom. The number of carboxylic acid groups (broad SMARTS) is 1. The molecule has 0 fully saturated rings. The lowest BCUT2D eigenvalue weighted by atomic mass is 10.2. The van der Waals surface area contributed by atoms with Gasteiger partial charge in [-0.25, -0.2) is 4.98 Å². The standard InChI is InChI=1S/C13H14N2O3S/c14-11(13(16)17)6-9-8-19-12(15-9)7-18-10-4-2-1-3-5-10/h1-5,8,11H,6-7,14H2,(H,16,17). The minimum absolute atomic E-state index is 0.233. The van der Waals surface area contributed by atoms with Crippen molar-refractivity contribution in [3.63, 3.8) is 0 Å². The molecule has 100 valence electrons. The van der Waals surface area contributed by atoms with Crippen molar-refractivity contribution in [2.45, 2.75) is 19.1 Å². The van der Waals surface area contributed by atoms with Crippen LogP contribution in [-0.4, -0.2) is 22.1 Å². The molecule has 3 N–H and O–H groups in total. The first-order valence-corrected chi connectivity index (χ1v) is 6.62. The molecule has 0 amide bonds. The number of aliphatic carboxylic acids is 1. The predicted molar refractivity (Wildman–Crippen MR) is 72.2 cm³/mol. The lowest BCUT2D eigenvalue weighted by molar-refractivity contribution is -0.138. The summed E-state index contributed by atoms with van der Waals surface area (Å²) in [5.41, 5.74) is 6.14. The maximum absolute atomic E-state index is 10.6. The van der Waals surface area contributed by atoms with Crippen molar-refractivity contribution in [3.05, 3.63) is 46.4 Å². The molecule has 2 aromatic rings. The Kier molecular flexibility index (Phi) is 4.48. The van der Waals surface area contributed by atoms with E-state index >= 15 is 0 Å². The third kappa shape index (κ3) is 4.04. The van der Waals surface area contributed by atoms with Gasteiger partial charge in [0.1, 0.15) is 23.4 Å². The first-order chi connectivity index (χ1) is 9.15. The molecule has 1 aromatic heterocycles. The summed E-state index contributed by atoms with van der Waals surface area (Å²) >= 11 is 1.44. The van der Waals surface area contributed by atoms with E-state index in [0.29, 0.717) is 12.3 Å². The van der Waals surface area contributed by atoms with Crippen molar-refractivity contribution >= 4 is 17.3 Å². The van der Waals surface area contributed by atoms with Gasteiger partial charge in [0.25, 0.3) is 0 Å². The highest BCUT2D eigenvalue weighted by Crippen LogP contribution is 2.15. The van der Waals surface area contributed by atoms with E-state index in [1.165, 1.54) is 11.3 Å². The van der Waals surface area contributed by atoms with Gasteiger partial charge in [0.15, 0.2) is 0 Å². The number of ether oxygens (including phenoxy) is 1. The van der Waals surface area contributed by atoms with Crippen molar-refractivity contribution < 1.29 is 14.6 Å². The van der Waals surface area contributed by atoms with Crippen LogP contribution in [0.25, 0.3) is 0 Å². The van der Waals surface area contributed by atoms with E-state index in [9.17, 15) is 4.79 Å². The molecule has 5 nitrogen and oxygen atoms in total. The quantitative estimate of drug-likeness (QED) is 0.839. The van der Waals surface area contributed by atoms with Gasteiger partial charge < -0.3 is 15.6 Å². The van der Waals surface area contributed by atoms with Crippen LogP contribution < -0.4 is 10.5 Å². The topological polar surface area (TPSA) is 85.4 Å². The van der Waals surface area contributed by atoms with E-state index in [1.807, 2.05) is 35.7 Å². The maximum Gasteiger partial charge on any atom is 0.320 e. The first kappa shape index (κ1) is 13.5. The van der Waals surface area contributed by atoms with Crippen LogP contribution in [0.2, 0.25) is 0 Å². The fourth-order valence-corrected chi connectivity index (χ4v) is 2.20. The average Bonchev–Trinajstić information content (AvgIpc) is 2.85. The minimum Gasteiger partial charge on any atom is -0.486 e. The molecule has 1 unspecified atom stereocenters. The molecule has 0 bridgehead atoms. The van der Waals surface area contributed by atoms with Crippen LogP contribution in [0.4, 0.5) is 0 Å². The zero-order valence-electron chi connectivity index (χ0n) is 10.2. The van der Waals surface area contributed by atoms with Gasteiger partial charge >= 0.3 is 5.97 Å². The van der Waals surface area contributed by atoms with Crippen molar-refractivity contribution in [1.82, 2.24) is 4.98 Å². The van der Waals surface area contributed by atoms with Gasteiger partial charge in [0, 0.05) is 11.8 Å². The number of carboxylic acids is 1. The lowest BCUT2D eigenvalue weighted by Gasteiger charge is -2.03. The first-order valence-electron chi connectivity index (χ1n) is 5.74. The van der Waals surface area contributed by atoms with Crippen molar-refractivity contribution in [1.29, 1.82) is 0 Å². The van der Waals surface area contributed by atoms with E-state index in [1.54, 1.807) is 0 Å². The van der Waals surface area contributed by atoms with Gasteiger partial charge in [0.2, 0.25) is 0 Å². The molecular formula is C13H14N2O3S. The maximum atomic E-state index is 10.6. The fraction of sp³-hybridized carbons (Fsp3) is 0.231. The Morgan fingerprint density at radius 2 is 2.16 bits per heavy atom. The zero-order chi connectivity index (χ0) is 13.7. The summed E-state index contributed by atoms with van der Waals surface area (Å²) in [5, 5.41) is 11.3. The van der Waals surface area contributed by atoms with Gasteiger partial charge in [-0.3, -0.25) is 4.79 Å². The second-order valence-electron chi connectivity index (χ2n) is 3.98. The summed E-state index contributed by atoms with van der Waals surface area (Å²) in [4.78, 5) is 14.9. The number of benzene rings is 1. The molecule has 1 aromatic carbocycles. The third-order valence-corrected chi connectivity index (χ3v) is 3.32. The van der Waals surface area contributed by atoms with Crippen LogP contribution in [0.15, 0.2) is 35.7 Å². The van der Waals surface area contributed by atoms with E-state index < -0.39 is 12.0 Å². The second-order valence-corrected chi connectivity index (χ2v) is 4.93. The molecule has 0 aliphatic heterocycles. The summed E-state index contributed by atoms with van der Waals surface area (Å²) < 4.78 is 5.56. The minimum atomic E-state index is -1.02. The Hall–Kier alpha value is -1.92. The summed E-state index contributed by atoms with van der Waals surface area (Å²) in [6, 6.07) is 8.54. The van der Waals surface area contributed by atoms with Crippen LogP contribution in [0.1, 0.15) is 10.7 Å². The molecule has 6 heteroatoms. The number of carbonyl (C=O) groups is 1. The van der Waals surface area contributed by atoms with Crippen LogP contribution in [-0.2, 0) is 17.8 Å². The van der Waals surface area contributed by atoms with Crippen LogP contribution in [0.5, 0.6) is 5.75 Å². The monoisotopic (exact) mass is 278 g/mol. The predicted octanol–water partition coefficient (Wildman–Crippen LogP) is 1.68. The Balaban J connectivity index is 1.89. The van der Waals surface area contributed by atoms with Crippen molar-refractivity contribution in [2.75, 3.05) is 0 Å². The molecule has 2 rings (SSSR count). The molecule has 0 saturated carbocycles. The number of rotatable bonds is 6. The van der Waals surface area contributed by atoms with Gasteiger partial charge in [-0.2, -0.15) is 0 Å². The number of hydrogen-bond acceptors (Lipinski definition) is 5. The number of para-hydroxylation sites is 1. The SMILES string of the molecule is NC(Cc1csc(COc2ccccc2)n1)C(=O)O. The normalized spacial score (nSPS) is 12.1. The molecule has 1 heterocycles. The van der Waals surface area contributed by atoms with Gasteiger partial charge in [-0.1, -0.05) is 18.2 Å². The van der Waals surface area contributed by atoms with Crippen LogP contribution in [0, 0.1) is 0 Å².